The number of nitrogens with one attached hydrogen (secondary N) is 4. The Morgan fingerprint density at radius 2 is 1.87 bits per heavy atom. The molecule has 1 aliphatic heterocycles. The molecule has 3 heterocycles. The number of benzene rings is 1. The van der Waals surface area contributed by atoms with E-state index in [-0.39, 0.29) is 19.4 Å². The first-order valence-electron chi connectivity index (χ1n) is 12.3. The number of amides is 3. The first-order chi connectivity index (χ1) is 18.3. The molecule has 38 heavy (non-hydrogen) atoms. The lowest BCUT2D eigenvalue weighted by atomic mass is 10.0. The summed E-state index contributed by atoms with van der Waals surface area (Å²) in [6.07, 6.45) is 5.72. The zero-order valence-electron chi connectivity index (χ0n) is 20.6. The number of para-hydroxylation sites is 1. The number of nitrogens with zero attached hydrogens (tertiary/aromatic N) is 2. The highest BCUT2D eigenvalue weighted by Crippen LogP contribution is 2.20. The molecule has 0 bridgehead atoms. The van der Waals surface area contributed by atoms with E-state index in [0.717, 1.165) is 16.5 Å². The van der Waals surface area contributed by atoms with Gasteiger partial charge in [-0.2, -0.15) is 0 Å². The number of likely N-dealkylation sites (tertiary alicyclic amines) is 1. The number of H-pyrrole nitrogens is 2. The summed E-state index contributed by atoms with van der Waals surface area (Å²) in [6.45, 7) is -0.488. The summed E-state index contributed by atoms with van der Waals surface area (Å²) >= 11 is 0. The second-order valence-electron chi connectivity index (χ2n) is 9.28. The van der Waals surface area contributed by atoms with Gasteiger partial charge in [0.05, 0.1) is 19.0 Å². The number of fused-ring (bicyclic) bond motifs is 1. The fourth-order valence-corrected chi connectivity index (χ4v) is 4.68. The van der Waals surface area contributed by atoms with Crippen molar-refractivity contribution in [1.82, 2.24) is 30.5 Å². The molecule has 0 aliphatic carbocycles. The fourth-order valence-electron chi connectivity index (χ4n) is 4.68. The SMILES string of the molecule is NC(Cc1c[nH]c2ccccc12)C(=O)NC(CO)C(=O)NC(Cc1cnc[nH]1)C(=O)N1CCCC1C(=O)O. The Morgan fingerprint density at radius 3 is 2.58 bits per heavy atom. The van der Waals surface area contributed by atoms with Crippen molar-refractivity contribution in [3.63, 3.8) is 0 Å². The Bertz CT molecular complexity index is 1290. The summed E-state index contributed by atoms with van der Waals surface area (Å²) in [5.74, 6) is -3.14. The van der Waals surface area contributed by atoms with Crippen LogP contribution in [0.5, 0.6) is 0 Å². The Labute approximate surface area is 217 Å². The van der Waals surface area contributed by atoms with Crippen LogP contribution in [0, 0.1) is 0 Å². The third-order valence-corrected chi connectivity index (χ3v) is 6.68. The van der Waals surface area contributed by atoms with Crippen LogP contribution in [0.15, 0.2) is 43.0 Å². The summed E-state index contributed by atoms with van der Waals surface area (Å²) < 4.78 is 0. The number of hydrogen-bond acceptors (Lipinski definition) is 7. The number of carboxylic acids is 1. The molecule has 4 unspecified atom stereocenters. The van der Waals surface area contributed by atoms with E-state index in [1.165, 1.54) is 17.4 Å². The van der Waals surface area contributed by atoms with E-state index in [0.29, 0.717) is 18.5 Å². The molecule has 4 rings (SSSR count). The van der Waals surface area contributed by atoms with Gasteiger partial charge in [-0.15, -0.1) is 0 Å². The molecule has 0 spiro atoms. The highest BCUT2D eigenvalue weighted by Gasteiger charge is 2.38. The van der Waals surface area contributed by atoms with E-state index in [1.807, 2.05) is 24.3 Å². The minimum atomic E-state index is -1.37. The standard InChI is InChI=1S/C25H31N7O6/c26-17(8-14-10-28-18-5-2-1-4-16(14)18)22(34)31-20(12-33)23(35)30-19(9-15-11-27-13-29-15)24(36)32-7-3-6-21(32)25(37)38/h1-2,4-5,10-11,13,17,19-21,28,33H,3,6-9,12,26H2,(H,27,29)(H,30,35)(H,31,34)(H,37,38). The molecule has 8 N–H and O–H groups in total. The van der Waals surface area contributed by atoms with Crippen LogP contribution in [0.3, 0.4) is 0 Å². The van der Waals surface area contributed by atoms with E-state index in [4.69, 9.17) is 5.73 Å². The van der Waals surface area contributed by atoms with Gasteiger partial charge in [-0.05, 0) is 30.9 Å². The maximum atomic E-state index is 13.3. The molecule has 4 atom stereocenters. The van der Waals surface area contributed by atoms with Gasteiger partial charge < -0.3 is 41.4 Å². The van der Waals surface area contributed by atoms with Crippen LogP contribution in [-0.4, -0.2) is 91.1 Å². The van der Waals surface area contributed by atoms with Gasteiger partial charge in [0.15, 0.2) is 0 Å². The number of carbonyl (C=O) groups excluding carboxylic acids is 3. The van der Waals surface area contributed by atoms with Crippen molar-refractivity contribution in [2.75, 3.05) is 13.2 Å². The van der Waals surface area contributed by atoms with Gasteiger partial charge in [0.25, 0.3) is 0 Å². The van der Waals surface area contributed by atoms with Crippen LogP contribution in [0.25, 0.3) is 10.9 Å². The van der Waals surface area contributed by atoms with Gasteiger partial charge in [-0.3, -0.25) is 14.4 Å². The number of carbonyl (C=O) groups is 4. The number of aliphatic hydroxyl groups is 1. The topological polar surface area (TPSA) is 207 Å². The molecule has 0 saturated carbocycles. The van der Waals surface area contributed by atoms with Crippen LogP contribution < -0.4 is 16.4 Å². The number of rotatable bonds is 11. The zero-order chi connectivity index (χ0) is 27.2. The van der Waals surface area contributed by atoms with Crippen LogP contribution >= 0.6 is 0 Å². The molecule has 1 saturated heterocycles. The molecule has 3 aromatic rings. The second-order valence-corrected chi connectivity index (χ2v) is 9.28. The van der Waals surface area contributed by atoms with E-state index < -0.39 is 54.5 Å². The van der Waals surface area contributed by atoms with Crippen molar-refractivity contribution in [1.29, 1.82) is 0 Å². The lowest BCUT2D eigenvalue weighted by Gasteiger charge is -2.28. The predicted octanol–water partition coefficient (Wildman–Crippen LogP) is -0.959. The molecule has 2 aromatic heterocycles. The molecule has 13 heteroatoms. The van der Waals surface area contributed by atoms with Gasteiger partial charge in [0.1, 0.15) is 18.1 Å². The average molecular weight is 526 g/mol. The van der Waals surface area contributed by atoms with E-state index in [1.54, 1.807) is 6.20 Å². The number of aromatic nitrogens is 3. The quantitative estimate of drug-likeness (QED) is 0.166. The third kappa shape index (κ3) is 6.01. The van der Waals surface area contributed by atoms with Crippen LogP contribution in [-0.2, 0) is 32.0 Å². The summed E-state index contributed by atoms with van der Waals surface area (Å²) in [4.78, 5) is 61.9. The van der Waals surface area contributed by atoms with E-state index in [2.05, 4.69) is 25.6 Å². The van der Waals surface area contributed by atoms with Crippen LogP contribution in [0.4, 0.5) is 0 Å². The highest BCUT2D eigenvalue weighted by atomic mass is 16.4. The number of hydrogen-bond donors (Lipinski definition) is 7. The number of nitrogens with two attached hydrogens (primary N) is 1. The summed E-state index contributed by atoms with van der Waals surface area (Å²) in [6, 6.07) is 3.06. The zero-order valence-corrected chi connectivity index (χ0v) is 20.6. The molecular formula is C25H31N7O6. The van der Waals surface area contributed by atoms with Crippen LogP contribution in [0.1, 0.15) is 24.1 Å². The lowest BCUT2D eigenvalue weighted by Crippen LogP contribution is -2.58. The number of imidazole rings is 1. The number of carboxylic acid groups (broad SMARTS) is 1. The van der Waals surface area contributed by atoms with E-state index >= 15 is 0 Å². The Kier molecular flexibility index (Phi) is 8.38. The van der Waals surface area contributed by atoms with Crippen molar-refractivity contribution in [3.05, 3.63) is 54.2 Å². The number of aliphatic carboxylic acids is 1. The normalized spacial score (nSPS) is 17.6. The van der Waals surface area contributed by atoms with Crippen molar-refractivity contribution >= 4 is 34.6 Å². The molecule has 202 valence electrons. The maximum absolute atomic E-state index is 13.3. The number of aromatic amines is 2. The first kappa shape index (κ1) is 26.8. The largest absolute Gasteiger partial charge is 0.480 e. The maximum Gasteiger partial charge on any atom is 0.326 e. The molecule has 1 aromatic carbocycles. The average Bonchev–Trinajstić information content (AvgIpc) is 3.68. The van der Waals surface area contributed by atoms with Gasteiger partial charge in [-0.25, -0.2) is 9.78 Å². The van der Waals surface area contributed by atoms with E-state index in [9.17, 15) is 29.4 Å². The second kappa shape index (κ2) is 11.9. The van der Waals surface area contributed by atoms with Crippen molar-refractivity contribution in [2.24, 2.45) is 5.73 Å². The first-order valence-corrected chi connectivity index (χ1v) is 12.3. The molecule has 3 amide bonds. The minimum absolute atomic E-state index is 0.0135. The van der Waals surface area contributed by atoms with Crippen molar-refractivity contribution in [2.45, 2.75) is 49.9 Å². The highest BCUT2D eigenvalue weighted by molar-refractivity contribution is 5.94. The molecule has 1 aliphatic rings. The van der Waals surface area contributed by atoms with Crippen LogP contribution in [0.2, 0.25) is 0 Å². The van der Waals surface area contributed by atoms with Gasteiger partial charge in [-0.1, -0.05) is 18.2 Å². The Morgan fingerprint density at radius 1 is 1.11 bits per heavy atom. The van der Waals surface area contributed by atoms with Gasteiger partial charge >= 0.3 is 5.97 Å². The predicted molar refractivity (Wildman–Crippen MR) is 136 cm³/mol. The number of aliphatic hydroxyl groups excluding tert-OH is 1. The molecule has 13 nitrogen and oxygen atoms in total. The fraction of sp³-hybridized carbons (Fsp3) is 0.400. The minimum Gasteiger partial charge on any atom is -0.480 e. The van der Waals surface area contributed by atoms with Gasteiger partial charge in [0, 0.05) is 42.0 Å². The van der Waals surface area contributed by atoms with Crippen molar-refractivity contribution in [3.8, 4) is 0 Å². The smallest absolute Gasteiger partial charge is 0.326 e. The Balaban J connectivity index is 1.42. The van der Waals surface area contributed by atoms with Gasteiger partial charge in [0.2, 0.25) is 17.7 Å². The third-order valence-electron chi connectivity index (χ3n) is 6.68. The summed E-state index contributed by atoms with van der Waals surface area (Å²) in [7, 11) is 0. The Hall–Kier alpha value is -4.23. The molecular weight excluding hydrogens is 494 g/mol. The molecule has 0 radical (unpaired) electrons. The summed E-state index contributed by atoms with van der Waals surface area (Å²) in [5.41, 5.74) is 8.38. The summed E-state index contributed by atoms with van der Waals surface area (Å²) in [5, 5.41) is 25.3. The monoisotopic (exact) mass is 525 g/mol. The molecule has 1 fully saturated rings. The lowest BCUT2D eigenvalue weighted by molar-refractivity contribution is -0.149. The van der Waals surface area contributed by atoms with Crippen molar-refractivity contribution < 1.29 is 29.4 Å².